The summed E-state index contributed by atoms with van der Waals surface area (Å²) in [5, 5.41) is 9.96. The van der Waals surface area contributed by atoms with E-state index in [1.165, 1.54) is 24.4 Å². The van der Waals surface area contributed by atoms with E-state index < -0.39 is 6.09 Å². The highest BCUT2D eigenvalue weighted by Crippen LogP contribution is 2.38. The largest absolute Gasteiger partial charge is 0.449 e. The molecule has 4 rings (SSSR count). The number of ether oxygens (including phenoxy) is 1. The van der Waals surface area contributed by atoms with Crippen LogP contribution in [0.2, 0.25) is 15.1 Å². The third kappa shape index (κ3) is 6.29. The van der Waals surface area contributed by atoms with Crippen LogP contribution in [0.4, 0.5) is 10.6 Å². The molecule has 0 aliphatic heterocycles. The number of nitrogens with one attached hydrogen (secondary N) is 1. The highest BCUT2D eigenvalue weighted by Gasteiger charge is 2.24. The fraction of sp³-hybridized carbons (Fsp3) is 0.308. The number of alkyl carbamates (subject to hydrolysis) is 1. The summed E-state index contributed by atoms with van der Waals surface area (Å²) in [5.41, 5.74) is 3.38. The second-order valence-corrected chi connectivity index (χ2v) is 10.6. The number of hydrogen-bond acceptors (Lipinski definition) is 7. The Morgan fingerprint density at radius 3 is 2.42 bits per heavy atom. The van der Waals surface area contributed by atoms with Gasteiger partial charge in [0.1, 0.15) is 22.4 Å². The Bertz CT molecular complexity index is 1440. The number of hydrogen-bond donors (Lipinski definition) is 1. The van der Waals surface area contributed by atoms with Crippen molar-refractivity contribution >= 4 is 69.5 Å². The molecular formula is C26H27Cl3N6O2S. The normalized spacial score (nSPS) is 11.1. The number of nitrogens with zero attached hydrogens (tertiary/aromatic N) is 5. The lowest BCUT2D eigenvalue weighted by molar-refractivity contribution is 0.147. The number of amides is 1. The quantitative estimate of drug-likeness (QED) is 0.167. The first-order valence-electron chi connectivity index (χ1n) is 11.8. The molecule has 0 aliphatic carbocycles. The molecule has 2 heterocycles. The van der Waals surface area contributed by atoms with Gasteiger partial charge in [-0.3, -0.25) is 0 Å². The first-order valence-corrected chi connectivity index (χ1v) is 14.2. The summed E-state index contributed by atoms with van der Waals surface area (Å²) in [5.74, 6) is 1.29. The first kappa shape index (κ1) is 28.3. The van der Waals surface area contributed by atoms with Gasteiger partial charge in [0, 0.05) is 25.2 Å². The first-order chi connectivity index (χ1) is 18.2. The van der Waals surface area contributed by atoms with Crippen molar-refractivity contribution in [3.8, 4) is 5.69 Å². The van der Waals surface area contributed by atoms with Crippen LogP contribution in [0.15, 0.2) is 41.4 Å². The van der Waals surface area contributed by atoms with E-state index in [0.717, 1.165) is 21.8 Å². The Balaban J connectivity index is 1.83. The summed E-state index contributed by atoms with van der Waals surface area (Å²) >= 11 is 20.8. The third-order valence-corrected chi connectivity index (χ3v) is 7.24. The van der Waals surface area contributed by atoms with E-state index >= 15 is 0 Å². The number of carbonyl (C=O) groups excluding carboxylic acids is 1. The van der Waals surface area contributed by atoms with E-state index in [0.29, 0.717) is 51.7 Å². The molecule has 0 radical (unpaired) electrons. The van der Waals surface area contributed by atoms with Crippen molar-refractivity contribution in [1.29, 1.82) is 0 Å². The molecule has 0 atom stereocenters. The van der Waals surface area contributed by atoms with Crippen LogP contribution in [0.3, 0.4) is 0 Å². The minimum Gasteiger partial charge on any atom is -0.449 e. The number of rotatable bonds is 9. The zero-order valence-electron chi connectivity index (χ0n) is 21.4. The van der Waals surface area contributed by atoms with Crippen LogP contribution < -0.4 is 10.2 Å². The van der Waals surface area contributed by atoms with E-state index in [1.807, 2.05) is 13.2 Å². The minimum atomic E-state index is -0.460. The maximum Gasteiger partial charge on any atom is 0.406 e. The molecule has 1 N–H and O–H groups in total. The molecule has 38 heavy (non-hydrogen) atoms. The molecular weight excluding hydrogens is 567 g/mol. The molecule has 0 spiro atoms. The molecule has 1 amide bonds. The Morgan fingerprint density at radius 1 is 1.11 bits per heavy atom. The van der Waals surface area contributed by atoms with Crippen LogP contribution in [0, 0.1) is 13.8 Å². The fourth-order valence-electron chi connectivity index (χ4n) is 4.01. The standard InChI is InChI=1S/C26H27Cl3N6O2S/c1-15-6-8-17(9-7-15)14-34(10-5-11-37-26(36)30-3)23-21-24(32-16(2)31-23)35(33-25(21)38-4)22-19(28)12-18(27)13-20(22)29/h6-9,12-13H,5,10-11,14H2,1-4H3,(H,30,36). The van der Waals surface area contributed by atoms with Gasteiger partial charge in [-0.25, -0.2) is 19.4 Å². The van der Waals surface area contributed by atoms with E-state index in [9.17, 15) is 4.79 Å². The molecule has 0 saturated heterocycles. The molecule has 12 heteroatoms. The number of thioether (sulfide) groups is 1. The maximum atomic E-state index is 11.6. The van der Waals surface area contributed by atoms with E-state index in [2.05, 4.69) is 41.4 Å². The average molecular weight is 594 g/mol. The lowest BCUT2D eigenvalue weighted by Crippen LogP contribution is -2.27. The fourth-order valence-corrected chi connectivity index (χ4v) is 5.53. The summed E-state index contributed by atoms with van der Waals surface area (Å²) in [6.07, 6.45) is 2.09. The molecule has 0 bridgehead atoms. The van der Waals surface area contributed by atoms with Crippen LogP contribution in [0.1, 0.15) is 23.4 Å². The summed E-state index contributed by atoms with van der Waals surface area (Å²) in [6.45, 7) is 5.33. The second-order valence-electron chi connectivity index (χ2n) is 8.58. The van der Waals surface area contributed by atoms with Gasteiger partial charge in [0.2, 0.25) is 0 Å². The topological polar surface area (TPSA) is 85.2 Å². The highest BCUT2D eigenvalue weighted by atomic mass is 35.5. The van der Waals surface area contributed by atoms with Crippen molar-refractivity contribution in [1.82, 2.24) is 25.1 Å². The lowest BCUT2D eigenvalue weighted by atomic mass is 10.1. The summed E-state index contributed by atoms with van der Waals surface area (Å²) < 4.78 is 6.88. The molecule has 200 valence electrons. The molecule has 2 aromatic carbocycles. The highest BCUT2D eigenvalue weighted by molar-refractivity contribution is 7.98. The SMILES string of the molecule is CNC(=O)OCCCN(Cc1ccc(C)cc1)c1nc(C)nc2c1c(SC)nn2-c1c(Cl)cc(Cl)cc1Cl. The van der Waals surface area contributed by atoms with Gasteiger partial charge in [0.25, 0.3) is 0 Å². The molecule has 2 aromatic heterocycles. The van der Waals surface area contributed by atoms with Crippen molar-refractivity contribution in [3.63, 3.8) is 0 Å². The molecule has 0 saturated carbocycles. The molecule has 0 unspecified atom stereocenters. The Kier molecular flexibility index (Phi) is 9.25. The van der Waals surface area contributed by atoms with E-state index in [1.54, 1.807) is 16.8 Å². The van der Waals surface area contributed by atoms with Crippen LogP contribution >= 0.6 is 46.6 Å². The van der Waals surface area contributed by atoms with E-state index in [-0.39, 0.29) is 6.61 Å². The van der Waals surface area contributed by atoms with Crippen LogP contribution in [0.5, 0.6) is 0 Å². The Morgan fingerprint density at radius 2 is 1.79 bits per heavy atom. The van der Waals surface area contributed by atoms with Gasteiger partial charge < -0.3 is 15.0 Å². The Hall–Kier alpha value is -2.72. The zero-order chi connectivity index (χ0) is 27.4. The maximum absolute atomic E-state index is 11.6. The average Bonchev–Trinajstić information content (AvgIpc) is 3.23. The molecule has 4 aromatic rings. The number of aryl methyl sites for hydroxylation is 2. The van der Waals surface area contributed by atoms with Crippen molar-refractivity contribution in [3.05, 3.63) is 68.4 Å². The van der Waals surface area contributed by atoms with Crippen molar-refractivity contribution in [2.45, 2.75) is 31.8 Å². The molecule has 0 fully saturated rings. The number of benzene rings is 2. The lowest BCUT2D eigenvalue weighted by Gasteiger charge is -2.25. The number of carbonyl (C=O) groups is 1. The monoisotopic (exact) mass is 592 g/mol. The summed E-state index contributed by atoms with van der Waals surface area (Å²) in [6, 6.07) is 11.6. The third-order valence-electron chi connectivity index (χ3n) is 5.78. The minimum absolute atomic E-state index is 0.266. The number of aromatic nitrogens is 4. The number of halogens is 3. The summed E-state index contributed by atoms with van der Waals surface area (Å²) in [4.78, 5) is 23.3. The van der Waals surface area contributed by atoms with Crippen LogP contribution in [0.25, 0.3) is 16.7 Å². The molecule has 8 nitrogen and oxygen atoms in total. The van der Waals surface area contributed by atoms with Gasteiger partial charge in [-0.1, -0.05) is 64.6 Å². The van der Waals surface area contributed by atoms with Crippen LogP contribution in [-0.4, -0.2) is 52.3 Å². The van der Waals surface area contributed by atoms with Gasteiger partial charge >= 0.3 is 6.09 Å². The van der Waals surface area contributed by atoms with Crippen molar-refractivity contribution < 1.29 is 9.53 Å². The second kappa shape index (κ2) is 12.4. The van der Waals surface area contributed by atoms with Gasteiger partial charge in [0.05, 0.1) is 22.0 Å². The predicted octanol–water partition coefficient (Wildman–Crippen LogP) is 6.87. The predicted molar refractivity (Wildman–Crippen MR) is 155 cm³/mol. The van der Waals surface area contributed by atoms with Gasteiger partial charge in [-0.05, 0) is 44.2 Å². The van der Waals surface area contributed by atoms with Gasteiger partial charge in [-0.15, -0.1) is 11.8 Å². The van der Waals surface area contributed by atoms with Gasteiger partial charge in [0.15, 0.2) is 5.65 Å². The van der Waals surface area contributed by atoms with Crippen molar-refractivity contribution in [2.75, 3.05) is 31.4 Å². The number of anilines is 1. The molecule has 0 aliphatic rings. The zero-order valence-corrected chi connectivity index (χ0v) is 24.5. The smallest absolute Gasteiger partial charge is 0.406 e. The van der Waals surface area contributed by atoms with Gasteiger partial charge in [-0.2, -0.15) is 5.10 Å². The number of fused-ring (bicyclic) bond motifs is 1. The Labute approximate surface area is 240 Å². The van der Waals surface area contributed by atoms with Crippen molar-refractivity contribution in [2.24, 2.45) is 0 Å². The van der Waals surface area contributed by atoms with E-state index in [4.69, 9.17) is 54.6 Å². The van der Waals surface area contributed by atoms with Crippen LogP contribution in [-0.2, 0) is 11.3 Å². The summed E-state index contributed by atoms with van der Waals surface area (Å²) in [7, 11) is 1.53.